The Hall–Kier alpha value is -1.77. The molecule has 128 valence electrons. The lowest BCUT2D eigenvalue weighted by Gasteiger charge is -2.18. The van der Waals surface area contributed by atoms with Crippen molar-refractivity contribution < 1.29 is 12.8 Å². The summed E-state index contributed by atoms with van der Waals surface area (Å²) in [5.74, 6) is 0.118. The summed E-state index contributed by atoms with van der Waals surface area (Å²) in [6, 6.07) is 4.01. The van der Waals surface area contributed by atoms with Gasteiger partial charge in [0, 0.05) is 19.3 Å². The highest BCUT2D eigenvalue weighted by atomic mass is 32.2. The second kappa shape index (κ2) is 5.65. The van der Waals surface area contributed by atoms with Crippen LogP contribution in [-0.2, 0) is 10.0 Å². The molecule has 1 aromatic carbocycles. The lowest BCUT2D eigenvalue weighted by molar-refractivity contribution is 0.447. The lowest BCUT2D eigenvalue weighted by atomic mass is 10.0. The van der Waals surface area contributed by atoms with Gasteiger partial charge in [0.1, 0.15) is 11.5 Å². The molecule has 2 aromatic rings. The number of rotatable bonds is 3. The summed E-state index contributed by atoms with van der Waals surface area (Å²) in [6.07, 6.45) is 3.32. The van der Waals surface area contributed by atoms with Gasteiger partial charge in [0.2, 0.25) is 10.0 Å². The van der Waals surface area contributed by atoms with Gasteiger partial charge in [-0.2, -0.15) is 9.40 Å². The van der Waals surface area contributed by atoms with E-state index in [1.54, 1.807) is 12.4 Å². The van der Waals surface area contributed by atoms with Crippen molar-refractivity contribution >= 4 is 10.0 Å². The number of benzene rings is 1. The smallest absolute Gasteiger partial charge is 0.243 e. The molecule has 1 N–H and O–H groups in total. The number of hydrogen-bond donors (Lipinski definition) is 1. The van der Waals surface area contributed by atoms with Gasteiger partial charge in [0.05, 0.1) is 11.1 Å². The van der Waals surface area contributed by atoms with E-state index in [2.05, 4.69) is 10.4 Å². The van der Waals surface area contributed by atoms with Crippen molar-refractivity contribution in [2.75, 3.05) is 26.2 Å². The van der Waals surface area contributed by atoms with Crippen LogP contribution in [0.4, 0.5) is 4.39 Å². The zero-order valence-corrected chi connectivity index (χ0v) is 14.1. The molecule has 4 rings (SSSR count). The predicted octanol–water partition coefficient (Wildman–Crippen LogP) is 1.16. The topological polar surface area (TPSA) is 67.2 Å². The first-order chi connectivity index (χ1) is 11.4. The highest BCUT2D eigenvalue weighted by Gasteiger charge is 2.41. The molecule has 2 aliphatic heterocycles. The number of aromatic nitrogens is 2. The number of nitrogens with one attached hydrogen (secondary N) is 1. The molecular formula is C16H19FN4O2S. The quantitative estimate of drug-likeness (QED) is 0.902. The zero-order chi connectivity index (χ0) is 16.9. The van der Waals surface area contributed by atoms with Gasteiger partial charge in [0.25, 0.3) is 0 Å². The first kappa shape index (κ1) is 15.7. The first-order valence-electron chi connectivity index (χ1n) is 7.97. The molecule has 8 heteroatoms. The molecule has 0 bridgehead atoms. The molecule has 2 fully saturated rings. The maximum Gasteiger partial charge on any atom is 0.243 e. The number of sulfonamides is 1. The van der Waals surface area contributed by atoms with Gasteiger partial charge in [-0.1, -0.05) is 0 Å². The Kier molecular flexibility index (Phi) is 3.70. The van der Waals surface area contributed by atoms with Crippen molar-refractivity contribution in [3.05, 3.63) is 42.0 Å². The lowest BCUT2D eigenvalue weighted by Crippen LogP contribution is -2.32. The molecule has 6 nitrogen and oxygen atoms in total. The largest absolute Gasteiger partial charge is 0.316 e. The molecule has 24 heavy (non-hydrogen) atoms. The summed E-state index contributed by atoms with van der Waals surface area (Å²) in [5.41, 5.74) is 1.15. The van der Waals surface area contributed by atoms with E-state index in [0.717, 1.165) is 24.7 Å². The summed E-state index contributed by atoms with van der Waals surface area (Å²) < 4.78 is 42.9. The summed E-state index contributed by atoms with van der Waals surface area (Å²) in [4.78, 5) is 0.000519. The van der Waals surface area contributed by atoms with Crippen molar-refractivity contribution in [3.63, 3.8) is 0 Å². The number of nitrogens with zero attached hydrogens (tertiary/aromatic N) is 3. The minimum Gasteiger partial charge on any atom is -0.316 e. The van der Waals surface area contributed by atoms with Gasteiger partial charge in [0.15, 0.2) is 0 Å². The molecule has 2 atom stereocenters. The van der Waals surface area contributed by atoms with E-state index in [1.807, 2.05) is 6.92 Å². The molecule has 0 aliphatic carbocycles. The van der Waals surface area contributed by atoms with Crippen molar-refractivity contribution in [1.29, 1.82) is 0 Å². The minimum absolute atomic E-state index is 0.000519. The first-order valence-corrected chi connectivity index (χ1v) is 9.41. The fourth-order valence-electron chi connectivity index (χ4n) is 3.54. The van der Waals surface area contributed by atoms with E-state index < -0.39 is 15.8 Å². The van der Waals surface area contributed by atoms with E-state index in [-0.39, 0.29) is 10.6 Å². The summed E-state index contributed by atoms with van der Waals surface area (Å²) >= 11 is 0. The Morgan fingerprint density at radius 2 is 1.96 bits per heavy atom. The van der Waals surface area contributed by atoms with Crippen molar-refractivity contribution in [1.82, 2.24) is 19.4 Å². The number of halogens is 1. The fraction of sp³-hybridized carbons (Fsp3) is 0.438. The molecule has 3 heterocycles. The van der Waals surface area contributed by atoms with Crippen molar-refractivity contribution in [2.45, 2.75) is 11.8 Å². The van der Waals surface area contributed by atoms with Crippen LogP contribution in [0.25, 0.3) is 5.69 Å². The number of hydrogen-bond acceptors (Lipinski definition) is 4. The van der Waals surface area contributed by atoms with Crippen LogP contribution in [-0.4, -0.2) is 48.7 Å². The Morgan fingerprint density at radius 3 is 2.54 bits per heavy atom. The highest BCUT2D eigenvalue weighted by Crippen LogP contribution is 2.31. The average Bonchev–Trinajstić information content (AvgIpc) is 3.22. The normalized spacial score (nSPS) is 24.4. The average molecular weight is 350 g/mol. The van der Waals surface area contributed by atoms with Crippen molar-refractivity contribution in [3.8, 4) is 5.69 Å². The van der Waals surface area contributed by atoms with Gasteiger partial charge < -0.3 is 5.32 Å². The number of aryl methyl sites for hydroxylation is 1. The maximum absolute atomic E-state index is 14.4. The summed E-state index contributed by atoms with van der Waals surface area (Å²) in [7, 11) is -3.66. The molecule has 2 aliphatic rings. The Morgan fingerprint density at radius 1 is 1.25 bits per heavy atom. The summed E-state index contributed by atoms with van der Waals surface area (Å²) in [6.45, 7) is 4.56. The van der Waals surface area contributed by atoms with Crippen LogP contribution < -0.4 is 5.32 Å². The van der Waals surface area contributed by atoms with Crippen molar-refractivity contribution in [2.24, 2.45) is 11.8 Å². The van der Waals surface area contributed by atoms with Crippen LogP contribution >= 0.6 is 0 Å². The van der Waals surface area contributed by atoms with Gasteiger partial charge in [-0.3, -0.25) is 0 Å². The Balaban J connectivity index is 1.63. The second-order valence-electron chi connectivity index (χ2n) is 6.58. The van der Waals surface area contributed by atoms with Crippen LogP contribution in [0.5, 0.6) is 0 Å². The van der Waals surface area contributed by atoms with Gasteiger partial charge in [-0.15, -0.1) is 0 Å². The van der Waals surface area contributed by atoms with Crippen LogP contribution in [0.15, 0.2) is 35.5 Å². The molecule has 1 aromatic heterocycles. The van der Waals surface area contributed by atoms with Crippen LogP contribution in [0.3, 0.4) is 0 Å². The van der Waals surface area contributed by atoms with Gasteiger partial charge in [-0.05, 0) is 55.6 Å². The third-order valence-corrected chi connectivity index (χ3v) is 6.70. The van der Waals surface area contributed by atoms with Gasteiger partial charge in [-0.25, -0.2) is 17.5 Å². The standard InChI is InChI=1S/C16H19FN4O2S/c1-11-5-19-21(8-11)16-3-2-14(4-15(16)17)24(22,23)20-9-12-6-18-7-13(12)10-20/h2-5,8,12-13,18H,6-7,9-10H2,1H3/t12-,13+. The van der Waals surface area contributed by atoms with Gasteiger partial charge >= 0.3 is 0 Å². The SMILES string of the molecule is Cc1cnn(-c2ccc(S(=O)(=O)N3C[C@H]4CNC[C@H]4C3)cc2F)c1. The molecule has 0 amide bonds. The van der Waals surface area contributed by atoms with Crippen LogP contribution in [0.2, 0.25) is 0 Å². The molecule has 0 saturated carbocycles. The van der Waals surface area contributed by atoms with Crippen LogP contribution in [0.1, 0.15) is 5.56 Å². The predicted molar refractivity (Wildman–Crippen MR) is 86.9 cm³/mol. The molecular weight excluding hydrogens is 331 g/mol. The Bertz CT molecular complexity index is 868. The Labute approximate surface area is 140 Å². The third kappa shape index (κ3) is 2.54. The minimum atomic E-state index is -3.66. The van der Waals surface area contributed by atoms with E-state index in [0.29, 0.717) is 24.9 Å². The molecule has 0 radical (unpaired) electrons. The van der Waals surface area contributed by atoms with E-state index >= 15 is 0 Å². The molecule has 2 saturated heterocycles. The maximum atomic E-state index is 14.4. The molecule has 0 unspecified atom stereocenters. The van der Waals surface area contributed by atoms with Crippen LogP contribution in [0, 0.1) is 24.6 Å². The van der Waals surface area contributed by atoms with E-state index in [4.69, 9.17) is 0 Å². The zero-order valence-electron chi connectivity index (χ0n) is 13.3. The van der Waals surface area contributed by atoms with E-state index in [1.165, 1.54) is 21.1 Å². The third-order valence-electron chi connectivity index (χ3n) is 4.87. The number of fused-ring (bicyclic) bond motifs is 1. The monoisotopic (exact) mass is 350 g/mol. The highest BCUT2D eigenvalue weighted by molar-refractivity contribution is 7.89. The van der Waals surface area contributed by atoms with E-state index in [9.17, 15) is 12.8 Å². The fourth-order valence-corrected chi connectivity index (χ4v) is 5.10. The molecule has 0 spiro atoms. The second-order valence-corrected chi connectivity index (χ2v) is 8.51. The summed E-state index contributed by atoms with van der Waals surface area (Å²) in [5, 5.41) is 7.35.